The van der Waals surface area contributed by atoms with Gasteiger partial charge in [-0.3, -0.25) is 4.79 Å². The van der Waals surface area contributed by atoms with Gasteiger partial charge in [-0.15, -0.1) is 0 Å². The summed E-state index contributed by atoms with van der Waals surface area (Å²) in [6.45, 7) is 5.49. The summed E-state index contributed by atoms with van der Waals surface area (Å²) >= 11 is 0. The first-order valence-corrected chi connectivity index (χ1v) is 6.37. The van der Waals surface area contributed by atoms with Gasteiger partial charge in [0, 0.05) is 11.9 Å². The Morgan fingerprint density at radius 3 is 2.35 bits per heavy atom. The van der Waals surface area contributed by atoms with Crippen LogP contribution in [0.3, 0.4) is 0 Å². The fraction of sp³-hybridized carbons (Fsp3) is 0.250. The average Bonchev–Trinajstić information content (AvgIpc) is 2.85. The number of esters is 1. The van der Waals surface area contributed by atoms with Crippen molar-refractivity contribution in [2.75, 3.05) is 0 Å². The molecule has 0 bridgehead atoms. The van der Waals surface area contributed by atoms with Gasteiger partial charge in [0.2, 0.25) is 0 Å². The maximum Gasteiger partial charge on any atom is 0.338 e. The standard InChI is InChI=1S/C16H17NO3/c1-16(2,3)20-15(19)12-6-8-13(9-7-12)17-10-4-5-14(17)11-18/h4-11H,1-3H3. The van der Waals surface area contributed by atoms with Gasteiger partial charge in [0.05, 0.1) is 11.3 Å². The molecule has 0 aliphatic carbocycles. The monoisotopic (exact) mass is 271 g/mol. The van der Waals surface area contributed by atoms with Crippen molar-refractivity contribution in [3.05, 3.63) is 53.9 Å². The molecule has 1 aromatic heterocycles. The summed E-state index contributed by atoms with van der Waals surface area (Å²) in [5, 5.41) is 0. The van der Waals surface area contributed by atoms with Crippen LogP contribution in [0.5, 0.6) is 0 Å². The number of aromatic nitrogens is 1. The summed E-state index contributed by atoms with van der Waals surface area (Å²) in [6, 6.07) is 10.5. The van der Waals surface area contributed by atoms with E-state index in [1.165, 1.54) is 0 Å². The largest absolute Gasteiger partial charge is 0.456 e. The fourth-order valence-electron chi connectivity index (χ4n) is 1.82. The highest BCUT2D eigenvalue weighted by molar-refractivity contribution is 5.90. The summed E-state index contributed by atoms with van der Waals surface area (Å²) < 4.78 is 7.05. The third-order valence-corrected chi connectivity index (χ3v) is 2.68. The summed E-state index contributed by atoms with van der Waals surface area (Å²) in [4.78, 5) is 22.8. The van der Waals surface area contributed by atoms with E-state index in [9.17, 15) is 9.59 Å². The van der Waals surface area contributed by atoms with Crippen LogP contribution < -0.4 is 0 Å². The molecule has 0 unspecified atom stereocenters. The highest BCUT2D eigenvalue weighted by atomic mass is 16.6. The number of benzene rings is 1. The number of hydrogen-bond acceptors (Lipinski definition) is 3. The molecule has 0 radical (unpaired) electrons. The molecule has 104 valence electrons. The van der Waals surface area contributed by atoms with E-state index >= 15 is 0 Å². The normalized spacial score (nSPS) is 11.2. The van der Waals surface area contributed by atoms with Crippen molar-refractivity contribution in [3.8, 4) is 5.69 Å². The minimum absolute atomic E-state index is 0.354. The van der Waals surface area contributed by atoms with Crippen LogP contribution in [-0.4, -0.2) is 22.4 Å². The van der Waals surface area contributed by atoms with E-state index in [2.05, 4.69) is 0 Å². The minimum Gasteiger partial charge on any atom is -0.456 e. The van der Waals surface area contributed by atoms with Gasteiger partial charge < -0.3 is 9.30 Å². The second-order valence-electron chi connectivity index (χ2n) is 5.47. The highest BCUT2D eigenvalue weighted by Gasteiger charge is 2.17. The third kappa shape index (κ3) is 3.15. The molecule has 0 aliphatic rings. The number of carbonyl (C=O) groups excluding carboxylic acids is 2. The average molecular weight is 271 g/mol. The molecule has 1 heterocycles. The summed E-state index contributed by atoms with van der Waals surface area (Å²) in [7, 11) is 0. The van der Waals surface area contributed by atoms with Crippen LogP contribution in [0.2, 0.25) is 0 Å². The maximum absolute atomic E-state index is 11.9. The van der Waals surface area contributed by atoms with E-state index in [-0.39, 0.29) is 5.97 Å². The quantitative estimate of drug-likeness (QED) is 0.636. The zero-order valence-corrected chi connectivity index (χ0v) is 11.8. The molecular weight excluding hydrogens is 254 g/mol. The lowest BCUT2D eigenvalue weighted by atomic mass is 10.1. The minimum atomic E-state index is -0.513. The van der Waals surface area contributed by atoms with Crippen LogP contribution in [0, 0.1) is 0 Å². The molecule has 0 saturated carbocycles. The van der Waals surface area contributed by atoms with Crippen molar-refractivity contribution in [1.29, 1.82) is 0 Å². The molecule has 0 fully saturated rings. The first-order chi connectivity index (χ1) is 9.40. The van der Waals surface area contributed by atoms with E-state index in [1.807, 2.05) is 20.8 Å². The first kappa shape index (κ1) is 14.1. The maximum atomic E-state index is 11.9. The van der Waals surface area contributed by atoms with Gasteiger partial charge in [0.25, 0.3) is 0 Å². The molecule has 1 aromatic carbocycles. The molecule has 2 aromatic rings. The molecule has 4 heteroatoms. The lowest BCUT2D eigenvalue weighted by Gasteiger charge is -2.19. The van der Waals surface area contributed by atoms with Crippen LogP contribution in [-0.2, 0) is 4.74 Å². The zero-order chi connectivity index (χ0) is 14.8. The third-order valence-electron chi connectivity index (χ3n) is 2.68. The Morgan fingerprint density at radius 2 is 1.80 bits per heavy atom. The molecule has 0 amide bonds. The van der Waals surface area contributed by atoms with Crippen molar-refractivity contribution < 1.29 is 14.3 Å². The zero-order valence-electron chi connectivity index (χ0n) is 11.8. The van der Waals surface area contributed by atoms with Crippen molar-refractivity contribution >= 4 is 12.3 Å². The smallest absolute Gasteiger partial charge is 0.338 e. The van der Waals surface area contributed by atoms with Crippen molar-refractivity contribution in [2.24, 2.45) is 0 Å². The Morgan fingerprint density at radius 1 is 1.15 bits per heavy atom. The Kier molecular flexibility index (Phi) is 3.74. The second kappa shape index (κ2) is 5.33. The number of nitrogens with zero attached hydrogens (tertiary/aromatic N) is 1. The molecule has 4 nitrogen and oxygen atoms in total. The van der Waals surface area contributed by atoms with Crippen LogP contribution in [0.15, 0.2) is 42.6 Å². The van der Waals surface area contributed by atoms with Crippen molar-refractivity contribution in [2.45, 2.75) is 26.4 Å². The van der Waals surface area contributed by atoms with Gasteiger partial charge in [-0.25, -0.2) is 4.79 Å². The van der Waals surface area contributed by atoms with Gasteiger partial charge >= 0.3 is 5.97 Å². The van der Waals surface area contributed by atoms with Gasteiger partial charge in [-0.2, -0.15) is 0 Å². The fourth-order valence-corrected chi connectivity index (χ4v) is 1.82. The van der Waals surface area contributed by atoms with Gasteiger partial charge in [0.1, 0.15) is 5.60 Å². The molecule has 0 spiro atoms. The molecule has 0 N–H and O–H groups in total. The Bertz CT molecular complexity index is 618. The molecule has 20 heavy (non-hydrogen) atoms. The number of aldehydes is 1. The Labute approximate surface area is 118 Å². The van der Waals surface area contributed by atoms with Gasteiger partial charge in [-0.05, 0) is 57.2 Å². The van der Waals surface area contributed by atoms with Crippen LogP contribution in [0.1, 0.15) is 41.6 Å². The lowest BCUT2D eigenvalue weighted by molar-refractivity contribution is 0.00695. The first-order valence-electron chi connectivity index (χ1n) is 6.37. The van der Waals surface area contributed by atoms with Crippen LogP contribution in [0.25, 0.3) is 5.69 Å². The second-order valence-corrected chi connectivity index (χ2v) is 5.47. The van der Waals surface area contributed by atoms with Gasteiger partial charge in [0.15, 0.2) is 6.29 Å². The molecule has 2 rings (SSSR count). The number of carbonyl (C=O) groups is 2. The van der Waals surface area contributed by atoms with Crippen LogP contribution >= 0.6 is 0 Å². The van der Waals surface area contributed by atoms with E-state index in [1.54, 1.807) is 47.2 Å². The van der Waals surface area contributed by atoms with Crippen molar-refractivity contribution in [3.63, 3.8) is 0 Å². The topological polar surface area (TPSA) is 48.3 Å². The van der Waals surface area contributed by atoms with E-state index in [0.717, 1.165) is 12.0 Å². The Hall–Kier alpha value is -2.36. The van der Waals surface area contributed by atoms with Gasteiger partial charge in [-0.1, -0.05) is 0 Å². The van der Waals surface area contributed by atoms with E-state index < -0.39 is 5.60 Å². The van der Waals surface area contributed by atoms with E-state index in [4.69, 9.17) is 4.74 Å². The van der Waals surface area contributed by atoms with Crippen LogP contribution in [0.4, 0.5) is 0 Å². The van der Waals surface area contributed by atoms with E-state index in [0.29, 0.717) is 11.3 Å². The Balaban J connectivity index is 2.23. The molecular formula is C16H17NO3. The van der Waals surface area contributed by atoms with Crippen molar-refractivity contribution in [1.82, 2.24) is 4.57 Å². The lowest BCUT2D eigenvalue weighted by Crippen LogP contribution is -2.23. The predicted octanol–water partition coefficient (Wildman–Crippen LogP) is 3.25. The number of hydrogen-bond donors (Lipinski definition) is 0. The molecule has 0 atom stereocenters. The summed E-state index contributed by atoms with van der Waals surface area (Å²) in [5.74, 6) is -0.354. The molecule has 0 saturated heterocycles. The highest BCUT2D eigenvalue weighted by Crippen LogP contribution is 2.16. The predicted molar refractivity (Wildman–Crippen MR) is 76.3 cm³/mol. The SMILES string of the molecule is CC(C)(C)OC(=O)c1ccc(-n2cccc2C=O)cc1. The number of ether oxygens (including phenoxy) is 1. The number of rotatable bonds is 3. The summed E-state index contributed by atoms with van der Waals surface area (Å²) in [5.41, 5.74) is 1.36. The molecule has 0 aliphatic heterocycles. The summed E-state index contributed by atoms with van der Waals surface area (Å²) in [6.07, 6.45) is 2.59.